The Labute approximate surface area is 147 Å². The summed E-state index contributed by atoms with van der Waals surface area (Å²) in [5.74, 6) is 0.633. The Morgan fingerprint density at radius 2 is 1.92 bits per heavy atom. The molecule has 1 heterocycles. The summed E-state index contributed by atoms with van der Waals surface area (Å²) in [7, 11) is 0. The van der Waals surface area contributed by atoms with Crippen molar-refractivity contribution in [1.29, 1.82) is 0 Å². The summed E-state index contributed by atoms with van der Waals surface area (Å²) >= 11 is 0. The second-order valence-electron chi connectivity index (χ2n) is 6.66. The molecule has 4 N–H and O–H groups in total. The summed E-state index contributed by atoms with van der Waals surface area (Å²) in [4.78, 5) is 4.42. The quantitative estimate of drug-likeness (QED) is 0.611. The monoisotopic (exact) mass is 329 g/mol. The van der Waals surface area contributed by atoms with Crippen molar-refractivity contribution in [3.05, 3.63) is 33.8 Å². The second kappa shape index (κ2) is 11.9. The number of hydrogen-bond acceptors (Lipinski definition) is 3. The molecule has 3 nitrogen and oxygen atoms in total. The van der Waals surface area contributed by atoms with Crippen LogP contribution in [0.2, 0.25) is 0 Å². The fourth-order valence-electron chi connectivity index (χ4n) is 2.75. The maximum absolute atomic E-state index is 6.04. The van der Waals surface area contributed by atoms with Crippen LogP contribution in [-0.2, 0) is 6.42 Å². The average Bonchev–Trinajstić information content (AvgIpc) is 2.55. The first-order valence-electron chi connectivity index (χ1n) is 9.40. The van der Waals surface area contributed by atoms with Crippen molar-refractivity contribution < 1.29 is 0 Å². The van der Waals surface area contributed by atoms with Crippen LogP contribution in [0.5, 0.6) is 0 Å². The maximum atomic E-state index is 6.04. The van der Waals surface area contributed by atoms with Crippen LogP contribution in [0, 0.1) is 0 Å². The van der Waals surface area contributed by atoms with E-state index in [0.29, 0.717) is 5.82 Å². The predicted molar refractivity (Wildman–Crippen MR) is 107 cm³/mol. The maximum Gasteiger partial charge on any atom is 0.127 e. The Kier molecular flexibility index (Phi) is 10.1. The van der Waals surface area contributed by atoms with E-state index in [1.165, 1.54) is 37.7 Å². The van der Waals surface area contributed by atoms with Crippen molar-refractivity contribution in [1.82, 2.24) is 4.98 Å². The molecule has 0 unspecified atom stereocenters. The van der Waals surface area contributed by atoms with Gasteiger partial charge in [0.1, 0.15) is 5.82 Å². The van der Waals surface area contributed by atoms with Crippen LogP contribution in [0.1, 0.15) is 70.8 Å². The van der Waals surface area contributed by atoms with E-state index in [-0.39, 0.29) is 0 Å². The van der Waals surface area contributed by atoms with E-state index < -0.39 is 0 Å². The molecule has 0 spiro atoms. The standard InChI is InChI=1S/C21H35N3/c1-4-5-8-12-20-16-19(18(3)24-21(20)23)14-13-17(2)11-9-6-7-10-15-22/h13-14,16H,3-12,15,22H2,1-2H3,(H2,23,24)/b17-13+,19-14-. The minimum Gasteiger partial charge on any atom is -0.383 e. The lowest BCUT2D eigenvalue weighted by atomic mass is 10.1. The van der Waals surface area contributed by atoms with Gasteiger partial charge in [-0.05, 0) is 62.4 Å². The van der Waals surface area contributed by atoms with Gasteiger partial charge in [0.2, 0.25) is 0 Å². The molecule has 0 atom stereocenters. The zero-order valence-corrected chi connectivity index (χ0v) is 15.6. The number of allylic oxidation sites excluding steroid dienone is 2. The average molecular weight is 330 g/mol. The van der Waals surface area contributed by atoms with Crippen molar-refractivity contribution in [3.8, 4) is 0 Å². The molecule has 0 saturated carbocycles. The van der Waals surface area contributed by atoms with E-state index in [9.17, 15) is 0 Å². The molecule has 134 valence electrons. The summed E-state index contributed by atoms with van der Waals surface area (Å²) in [6.45, 7) is 9.24. The zero-order valence-electron chi connectivity index (χ0n) is 15.6. The van der Waals surface area contributed by atoms with Gasteiger partial charge in [-0.15, -0.1) is 0 Å². The zero-order chi connectivity index (χ0) is 17.8. The fourth-order valence-corrected chi connectivity index (χ4v) is 2.75. The van der Waals surface area contributed by atoms with Gasteiger partial charge in [0.25, 0.3) is 0 Å². The van der Waals surface area contributed by atoms with Gasteiger partial charge >= 0.3 is 0 Å². The summed E-state index contributed by atoms with van der Waals surface area (Å²) in [6.07, 6.45) is 14.9. The number of nitrogens with two attached hydrogens (primary N) is 2. The van der Waals surface area contributed by atoms with Crippen molar-refractivity contribution >= 4 is 18.5 Å². The Hall–Kier alpha value is -1.61. The van der Waals surface area contributed by atoms with Crippen LogP contribution in [0.3, 0.4) is 0 Å². The van der Waals surface area contributed by atoms with E-state index in [2.05, 4.69) is 43.6 Å². The van der Waals surface area contributed by atoms with Crippen LogP contribution >= 0.6 is 0 Å². The molecule has 0 bridgehead atoms. The number of pyridine rings is 1. The third-order valence-electron chi connectivity index (χ3n) is 4.37. The predicted octanol–water partition coefficient (Wildman–Crippen LogP) is 3.44. The number of aryl methyl sites for hydroxylation is 1. The molecule has 0 radical (unpaired) electrons. The van der Waals surface area contributed by atoms with Gasteiger partial charge in [0, 0.05) is 0 Å². The second-order valence-corrected chi connectivity index (χ2v) is 6.66. The SMILES string of the molecule is C=c1nc(N)c(CCCCC)c/c1=C/C=C(\C)CCCCCCN. The molecule has 0 aliphatic carbocycles. The first-order valence-corrected chi connectivity index (χ1v) is 9.40. The van der Waals surface area contributed by atoms with Gasteiger partial charge in [0.05, 0.1) is 5.35 Å². The van der Waals surface area contributed by atoms with Crippen LogP contribution in [-0.4, -0.2) is 11.5 Å². The molecule has 1 rings (SSSR count). The van der Waals surface area contributed by atoms with Crippen molar-refractivity contribution in [2.75, 3.05) is 12.3 Å². The number of aromatic nitrogens is 1. The Morgan fingerprint density at radius 3 is 2.62 bits per heavy atom. The summed E-state index contributed by atoms with van der Waals surface area (Å²) in [5.41, 5.74) is 14.1. The topological polar surface area (TPSA) is 64.9 Å². The molecule has 1 aromatic rings. The smallest absolute Gasteiger partial charge is 0.127 e. The number of anilines is 1. The highest BCUT2D eigenvalue weighted by atomic mass is 14.8. The molecule has 0 aromatic carbocycles. The van der Waals surface area contributed by atoms with Gasteiger partial charge in [0.15, 0.2) is 0 Å². The molecule has 0 fully saturated rings. The van der Waals surface area contributed by atoms with Crippen LogP contribution in [0.4, 0.5) is 5.82 Å². The van der Waals surface area contributed by atoms with Gasteiger partial charge in [-0.1, -0.05) is 56.9 Å². The van der Waals surface area contributed by atoms with E-state index in [1.807, 2.05) is 0 Å². The lowest BCUT2D eigenvalue weighted by Crippen LogP contribution is -2.28. The van der Waals surface area contributed by atoms with E-state index in [0.717, 1.165) is 48.4 Å². The third kappa shape index (κ3) is 7.78. The fraction of sp³-hybridized carbons (Fsp3) is 0.571. The van der Waals surface area contributed by atoms with E-state index in [4.69, 9.17) is 11.5 Å². The highest BCUT2D eigenvalue weighted by Gasteiger charge is 2.01. The van der Waals surface area contributed by atoms with Crippen molar-refractivity contribution in [2.45, 2.75) is 71.6 Å². The molecule has 0 aliphatic heterocycles. The van der Waals surface area contributed by atoms with Crippen LogP contribution in [0.15, 0.2) is 17.7 Å². The number of nitrogen functional groups attached to an aromatic ring is 1. The molecular formula is C21H35N3. The van der Waals surface area contributed by atoms with E-state index >= 15 is 0 Å². The van der Waals surface area contributed by atoms with Crippen molar-refractivity contribution in [3.63, 3.8) is 0 Å². The minimum atomic E-state index is 0.633. The Bertz CT molecular complexity index is 617. The summed E-state index contributed by atoms with van der Waals surface area (Å²) in [5, 5.41) is 1.84. The molecule has 0 saturated heterocycles. The van der Waals surface area contributed by atoms with Gasteiger partial charge in [-0.25, -0.2) is 4.98 Å². The highest BCUT2D eigenvalue weighted by molar-refractivity contribution is 5.45. The molecule has 24 heavy (non-hydrogen) atoms. The van der Waals surface area contributed by atoms with Crippen LogP contribution < -0.4 is 22.0 Å². The Balaban J connectivity index is 2.72. The lowest BCUT2D eigenvalue weighted by molar-refractivity contribution is 0.645. The largest absolute Gasteiger partial charge is 0.383 e. The summed E-state index contributed by atoms with van der Waals surface area (Å²) < 4.78 is 0. The van der Waals surface area contributed by atoms with Crippen LogP contribution in [0.25, 0.3) is 12.7 Å². The number of rotatable bonds is 11. The summed E-state index contributed by atoms with van der Waals surface area (Å²) in [6, 6.07) is 2.16. The molecule has 1 aromatic heterocycles. The molecular weight excluding hydrogens is 294 g/mol. The Morgan fingerprint density at radius 1 is 1.17 bits per heavy atom. The van der Waals surface area contributed by atoms with Gasteiger partial charge in [-0.3, -0.25) is 0 Å². The lowest BCUT2D eigenvalue weighted by Gasteiger charge is -2.05. The number of nitrogens with zero attached hydrogens (tertiary/aromatic N) is 1. The van der Waals surface area contributed by atoms with Gasteiger partial charge in [-0.2, -0.15) is 0 Å². The minimum absolute atomic E-state index is 0.633. The number of unbranched alkanes of at least 4 members (excludes halogenated alkanes) is 5. The molecule has 3 heteroatoms. The normalized spacial score (nSPS) is 12.8. The van der Waals surface area contributed by atoms with Crippen molar-refractivity contribution in [2.24, 2.45) is 5.73 Å². The molecule has 0 amide bonds. The first-order chi connectivity index (χ1) is 11.6. The number of hydrogen-bond donors (Lipinski definition) is 2. The van der Waals surface area contributed by atoms with E-state index in [1.54, 1.807) is 0 Å². The highest BCUT2D eigenvalue weighted by Crippen LogP contribution is 2.10. The third-order valence-corrected chi connectivity index (χ3v) is 4.37. The first kappa shape index (κ1) is 20.4. The molecule has 0 aliphatic rings. The van der Waals surface area contributed by atoms with Gasteiger partial charge < -0.3 is 11.5 Å².